The number of unbranched alkanes of at least 4 members (excludes halogenated alkanes) is 2. The van der Waals surface area contributed by atoms with Crippen LogP contribution in [-0.4, -0.2) is 167 Å². The van der Waals surface area contributed by atoms with Crippen molar-refractivity contribution >= 4 is 101 Å². The standard InChI is InChI=1S/C50H72N8O11S3/c1-56(2)20-8-6-13-33-25-41(60)42(29-71)72-44(62)26-36(49(67)58-22-10-16-39(58)45(52)63)54-46(64)32(12-5-7-19-53-48(66)35(51)28-70)24-40(59)38-15-9-21-57(38)43(61)27-69-50(68)37(55-47(33)65)23-31-18-17-30-11-3-4-14-34(30)31/h3-4,11,14,18,32-33,35-39,42,70-71H,5-10,12-13,15-17,19-29,51H2,1-2H3,(H2,52,63)(H,53,66)(H,54,64)(H,55,65)/t32-,33-,35+,36?,37+,38+,39+,42+/m1/s1. The van der Waals surface area contributed by atoms with Gasteiger partial charge in [-0.05, 0) is 95.1 Å². The lowest BCUT2D eigenvalue weighted by molar-refractivity contribution is -0.155. The number of ether oxygens (including phenoxy) is 1. The summed E-state index contributed by atoms with van der Waals surface area (Å²) in [6.07, 6.45) is 5.09. The van der Waals surface area contributed by atoms with Gasteiger partial charge in [-0.25, -0.2) is 4.79 Å². The quantitative estimate of drug-likeness (QED) is 0.0660. The number of Topliss-reactive ketones (excluding diaryl/α,β-unsaturated/α-hetero) is 2. The van der Waals surface area contributed by atoms with E-state index in [4.69, 9.17) is 16.2 Å². The largest absolute Gasteiger partial charge is 0.454 e. The SMILES string of the molecule is CN(C)CCCC[C@@H]1CC(=O)[C@H](CS)SC(=O)CC(C(=O)N2CCC[C@H]2C(N)=O)NC(=O)[C@H](CCCCNC(=O)[C@@H](N)CS)CC(=O)[C@@H]2CCCN2C(=O)COC(=O)[C@H](CC2=CCc3ccccc32)NC1=O. The monoisotopic (exact) mass is 1060 g/mol. The van der Waals surface area contributed by atoms with Crippen molar-refractivity contribution in [1.82, 2.24) is 30.7 Å². The van der Waals surface area contributed by atoms with Crippen molar-refractivity contribution in [3.05, 3.63) is 41.5 Å². The maximum Gasteiger partial charge on any atom is 0.329 e. The Morgan fingerprint density at radius 1 is 0.889 bits per heavy atom. The minimum absolute atomic E-state index is 0.0298. The lowest BCUT2D eigenvalue weighted by Crippen LogP contribution is -2.54. The minimum atomic E-state index is -1.53. The summed E-state index contributed by atoms with van der Waals surface area (Å²) in [5.41, 5.74) is 14.2. The van der Waals surface area contributed by atoms with Crippen LogP contribution in [0, 0.1) is 11.8 Å². The number of hydrogen-bond acceptors (Lipinski definition) is 16. The van der Waals surface area contributed by atoms with E-state index in [1.165, 1.54) is 9.80 Å². The van der Waals surface area contributed by atoms with Gasteiger partial charge in [0, 0.05) is 68.7 Å². The number of rotatable bonds is 17. The number of primary amides is 1. The zero-order valence-electron chi connectivity index (χ0n) is 41.4. The molecule has 0 aromatic heterocycles. The number of hydrogen-bond donors (Lipinski definition) is 7. The molecule has 1 unspecified atom stereocenters. The lowest BCUT2D eigenvalue weighted by atomic mass is 9.91. The molecular formula is C50H72N8O11S3. The first-order valence-electron chi connectivity index (χ1n) is 25.0. The molecule has 22 heteroatoms. The van der Waals surface area contributed by atoms with Gasteiger partial charge in [0.1, 0.15) is 23.9 Å². The Kier molecular flexibility index (Phi) is 23.1. The lowest BCUT2D eigenvalue weighted by Gasteiger charge is -2.29. The molecule has 7 N–H and O–H groups in total. The van der Waals surface area contributed by atoms with E-state index in [9.17, 15) is 47.9 Å². The maximum absolute atomic E-state index is 14.5. The Morgan fingerprint density at radius 3 is 2.26 bits per heavy atom. The van der Waals surface area contributed by atoms with Crippen molar-refractivity contribution in [2.75, 3.05) is 58.4 Å². The molecule has 3 aliphatic heterocycles. The first kappa shape index (κ1) is 58.1. The second kappa shape index (κ2) is 28.6. The molecule has 0 radical (unpaired) electrons. The molecule has 4 aliphatic rings. The molecule has 8 atom stereocenters. The normalized spacial score (nSPS) is 25.7. The number of thioether (sulfide) groups is 1. The van der Waals surface area contributed by atoms with Crippen LogP contribution in [0.25, 0.3) is 5.57 Å². The van der Waals surface area contributed by atoms with Crippen LogP contribution in [0.3, 0.4) is 0 Å². The summed E-state index contributed by atoms with van der Waals surface area (Å²) in [5.74, 6) is -7.68. The molecule has 6 amide bonds. The van der Waals surface area contributed by atoms with Gasteiger partial charge in [-0.1, -0.05) is 54.9 Å². The van der Waals surface area contributed by atoms with Gasteiger partial charge in [-0.3, -0.25) is 43.2 Å². The average Bonchev–Trinajstić information content (AvgIpc) is 4.15. The van der Waals surface area contributed by atoms with Gasteiger partial charge in [-0.2, -0.15) is 25.3 Å². The summed E-state index contributed by atoms with van der Waals surface area (Å²) < 4.78 is 5.67. The summed E-state index contributed by atoms with van der Waals surface area (Å²) in [5, 5.41) is 6.56. The molecule has 72 heavy (non-hydrogen) atoms. The zero-order valence-corrected chi connectivity index (χ0v) is 44.0. The van der Waals surface area contributed by atoms with E-state index < -0.39 is 118 Å². The fraction of sp³-hybridized carbons (Fsp3) is 0.640. The van der Waals surface area contributed by atoms with Crippen molar-refractivity contribution in [1.29, 1.82) is 0 Å². The van der Waals surface area contributed by atoms with Gasteiger partial charge < -0.3 is 46.9 Å². The molecule has 1 aromatic rings. The molecule has 0 saturated carbocycles. The highest BCUT2D eigenvalue weighted by Gasteiger charge is 2.41. The third kappa shape index (κ3) is 16.6. The second-order valence-electron chi connectivity index (χ2n) is 19.3. The number of benzene rings is 1. The molecule has 3 fully saturated rings. The van der Waals surface area contributed by atoms with E-state index in [0.29, 0.717) is 63.3 Å². The van der Waals surface area contributed by atoms with Crippen LogP contribution in [0.15, 0.2) is 30.3 Å². The van der Waals surface area contributed by atoms with Gasteiger partial charge in [0.2, 0.25) is 29.5 Å². The van der Waals surface area contributed by atoms with E-state index in [0.717, 1.165) is 16.7 Å². The van der Waals surface area contributed by atoms with E-state index >= 15 is 0 Å². The maximum atomic E-state index is 14.5. The van der Waals surface area contributed by atoms with E-state index in [-0.39, 0.29) is 76.1 Å². The zero-order chi connectivity index (χ0) is 52.5. The number of nitrogens with two attached hydrogens (primary N) is 2. The fourth-order valence-electron chi connectivity index (χ4n) is 9.73. The first-order valence-corrected chi connectivity index (χ1v) is 27.1. The summed E-state index contributed by atoms with van der Waals surface area (Å²) in [6, 6.07) is 2.11. The number of carbonyl (C=O) groups excluding carboxylic acids is 10. The molecule has 5 rings (SSSR count). The number of fused-ring (bicyclic) bond motifs is 2. The predicted octanol–water partition coefficient (Wildman–Crippen LogP) is 1.38. The molecule has 0 spiro atoms. The van der Waals surface area contributed by atoms with Crippen LogP contribution < -0.4 is 27.4 Å². The van der Waals surface area contributed by atoms with Crippen LogP contribution in [0.1, 0.15) is 101 Å². The van der Waals surface area contributed by atoms with Crippen molar-refractivity contribution in [2.24, 2.45) is 23.3 Å². The highest BCUT2D eigenvalue weighted by atomic mass is 32.2. The fourth-order valence-corrected chi connectivity index (χ4v) is 11.2. The Hall–Kier alpha value is -4.77. The third-order valence-electron chi connectivity index (χ3n) is 13.7. The molecule has 396 valence electrons. The smallest absolute Gasteiger partial charge is 0.329 e. The predicted molar refractivity (Wildman–Crippen MR) is 278 cm³/mol. The number of ketones is 2. The van der Waals surface area contributed by atoms with Crippen molar-refractivity contribution in [2.45, 2.75) is 132 Å². The summed E-state index contributed by atoms with van der Waals surface area (Å²) >= 11 is 9.11. The number of thiol groups is 2. The molecule has 1 aromatic carbocycles. The first-order chi connectivity index (χ1) is 34.4. The number of nitrogens with zero attached hydrogens (tertiary/aromatic N) is 3. The van der Waals surface area contributed by atoms with Gasteiger partial charge in [0.05, 0.1) is 17.3 Å². The van der Waals surface area contributed by atoms with Crippen LogP contribution in [-0.2, 0) is 59.1 Å². The number of cyclic esters (lactones) is 1. The molecule has 3 heterocycles. The van der Waals surface area contributed by atoms with Gasteiger partial charge in [0.15, 0.2) is 17.5 Å². The van der Waals surface area contributed by atoms with E-state index in [2.05, 4.69) is 41.2 Å². The Labute approximate surface area is 437 Å². The Balaban J connectivity index is 1.48. The van der Waals surface area contributed by atoms with Gasteiger partial charge in [-0.15, -0.1) is 0 Å². The van der Waals surface area contributed by atoms with Crippen LogP contribution in [0.4, 0.5) is 0 Å². The molecular weight excluding hydrogens is 985 g/mol. The third-order valence-corrected chi connectivity index (χ3v) is 15.9. The van der Waals surface area contributed by atoms with E-state index in [1.54, 1.807) is 0 Å². The summed E-state index contributed by atoms with van der Waals surface area (Å²) in [6.45, 7) is 0.497. The van der Waals surface area contributed by atoms with Crippen molar-refractivity contribution in [3.63, 3.8) is 0 Å². The average molecular weight is 1060 g/mol. The van der Waals surface area contributed by atoms with E-state index in [1.807, 2.05) is 49.3 Å². The Bertz CT molecular complexity index is 2200. The molecule has 0 bridgehead atoms. The number of nitrogens with one attached hydrogen (secondary N) is 3. The highest BCUT2D eigenvalue weighted by Crippen LogP contribution is 2.32. The number of amides is 6. The minimum Gasteiger partial charge on any atom is -0.454 e. The van der Waals surface area contributed by atoms with Crippen molar-refractivity contribution < 1.29 is 52.7 Å². The molecule has 19 nitrogen and oxygen atoms in total. The van der Waals surface area contributed by atoms with Crippen LogP contribution >= 0.6 is 37.0 Å². The second-order valence-corrected chi connectivity index (χ2v) is 21.3. The Morgan fingerprint density at radius 2 is 1.57 bits per heavy atom. The number of likely N-dealkylation sites (tertiary alicyclic amines) is 1. The number of carbonyl (C=O) groups is 10. The topological polar surface area (TPSA) is 278 Å². The van der Waals surface area contributed by atoms with Gasteiger partial charge >= 0.3 is 5.97 Å². The van der Waals surface area contributed by atoms with Crippen molar-refractivity contribution in [3.8, 4) is 0 Å². The number of esters is 1. The number of allylic oxidation sites excluding steroid dienone is 1. The summed E-state index contributed by atoms with van der Waals surface area (Å²) in [7, 11) is 3.84. The van der Waals surface area contributed by atoms with Crippen LogP contribution in [0.5, 0.6) is 0 Å². The molecule has 3 saturated heterocycles. The highest BCUT2D eigenvalue weighted by molar-refractivity contribution is 8.15. The summed E-state index contributed by atoms with van der Waals surface area (Å²) in [4.78, 5) is 143. The van der Waals surface area contributed by atoms with Gasteiger partial charge in [0.25, 0.3) is 5.91 Å². The van der Waals surface area contributed by atoms with Crippen LogP contribution in [0.2, 0.25) is 0 Å². The molecule has 1 aliphatic carbocycles.